The quantitative estimate of drug-likeness (QED) is 0.715. The number of hydrogen-bond donors (Lipinski definition) is 3. The minimum atomic E-state index is -4.41. The van der Waals surface area contributed by atoms with Gasteiger partial charge in [-0.05, 0) is 12.0 Å². The molecule has 0 heterocycles. The Labute approximate surface area is 129 Å². The second-order valence-corrected chi connectivity index (χ2v) is 5.45. The van der Waals surface area contributed by atoms with Crippen LogP contribution in [0.5, 0.6) is 0 Å². The molecule has 2 amide bonds. The Morgan fingerprint density at radius 3 is 2.41 bits per heavy atom. The van der Waals surface area contributed by atoms with Gasteiger partial charge in [0.15, 0.2) is 0 Å². The van der Waals surface area contributed by atoms with Gasteiger partial charge in [-0.15, -0.1) is 0 Å². The minimum Gasteiger partial charge on any atom is -0.465 e. The van der Waals surface area contributed by atoms with Crippen LogP contribution in [0.3, 0.4) is 0 Å². The Balaban J connectivity index is 2.50. The van der Waals surface area contributed by atoms with Gasteiger partial charge in [-0.1, -0.05) is 42.1 Å². The molecule has 22 heavy (non-hydrogen) atoms. The van der Waals surface area contributed by atoms with Crippen LogP contribution in [0.25, 0.3) is 0 Å². The van der Waals surface area contributed by atoms with Crippen LogP contribution in [0.2, 0.25) is 0 Å². The fraction of sp³-hybridized carbons (Fsp3) is 0.385. The van der Waals surface area contributed by atoms with E-state index in [0.29, 0.717) is 0 Å². The van der Waals surface area contributed by atoms with Crippen molar-refractivity contribution in [2.45, 2.75) is 24.5 Å². The van der Waals surface area contributed by atoms with Crippen molar-refractivity contribution in [3.63, 3.8) is 0 Å². The molecule has 0 aliphatic carbocycles. The van der Waals surface area contributed by atoms with Crippen molar-refractivity contribution in [1.29, 1.82) is 0 Å². The predicted octanol–water partition coefficient (Wildman–Crippen LogP) is 2.58. The lowest BCUT2D eigenvalue weighted by Crippen LogP contribution is -2.46. The lowest BCUT2D eigenvalue weighted by Gasteiger charge is -2.17. The summed E-state index contributed by atoms with van der Waals surface area (Å²) in [5.74, 6) is -1.07. The van der Waals surface area contributed by atoms with Crippen molar-refractivity contribution in [1.82, 2.24) is 10.6 Å². The van der Waals surface area contributed by atoms with Crippen molar-refractivity contribution < 1.29 is 27.9 Å². The highest BCUT2D eigenvalue weighted by Gasteiger charge is 2.29. The first kappa shape index (κ1) is 18.1. The zero-order valence-electron chi connectivity index (χ0n) is 11.4. The van der Waals surface area contributed by atoms with Gasteiger partial charge in [-0.25, -0.2) is 4.79 Å². The number of hydrogen-bond acceptors (Lipinski definition) is 3. The lowest BCUT2D eigenvalue weighted by atomic mass is 10.2. The highest BCUT2D eigenvalue weighted by molar-refractivity contribution is 8.00. The molecule has 1 aromatic rings. The summed E-state index contributed by atoms with van der Waals surface area (Å²) in [5, 5.41) is 13.1. The summed E-state index contributed by atoms with van der Waals surface area (Å²) in [6.07, 6.45) is -1.71. The number of amides is 2. The molecule has 122 valence electrons. The number of nitrogens with one attached hydrogen (secondary N) is 2. The third-order valence-electron chi connectivity index (χ3n) is 2.60. The minimum absolute atomic E-state index is 0.171. The van der Waals surface area contributed by atoms with Gasteiger partial charge in [-0.3, -0.25) is 4.79 Å². The maximum absolute atomic E-state index is 12.1. The van der Waals surface area contributed by atoms with Gasteiger partial charge in [0.25, 0.3) is 0 Å². The molecule has 0 saturated heterocycles. The summed E-state index contributed by atoms with van der Waals surface area (Å²) >= 11 is -0.292. The first-order valence-corrected chi connectivity index (χ1v) is 7.28. The number of alkyl halides is 3. The third-order valence-corrected chi connectivity index (χ3v) is 3.36. The summed E-state index contributed by atoms with van der Waals surface area (Å²) in [4.78, 5) is 22.5. The van der Waals surface area contributed by atoms with E-state index in [1.54, 1.807) is 30.3 Å². The molecule has 0 aliphatic heterocycles. The number of carbonyl (C=O) groups is 2. The molecule has 3 N–H and O–H groups in total. The fourth-order valence-corrected chi connectivity index (χ4v) is 2.20. The summed E-state index contributed by atoms with van der Waals surface area (Å²) in [5.41, 5.74) is -3.61. The normalized spacial score (nSPS) is 12.5. The first-order chi connectivity index (χ1) is 10.3. The van der Waals surface area contributed by atoms with Gasteiger partial charge in [-0.2, -0.15) is 13.2 Å². The van der Waals surface area contributed by atoms with Crippen LogP contribution in [-0.4, -0.2) is 34.4 Å². The van der Waals surface area contributed by atoms with E-state index in [2.05, 4.69) is 5.32 Å². The van der Waals surface area contributed by atoms with Crippen molar-refractivity contribution in [3.8, 4) is 0 Å². The standard InChI is InChI=1S/C13H15F3N2O3S/c14-13(15,16)22-7-6-10(18-12(20)21)11(19)17-8-9-4-2-1-3-5-9/h1-5,10,18H,6-8H2,(H,17,19)(H,20,21)/t10-/m0/s1. The molecule has 0 radical (unpaired) electrons. The van der Waals surface area contributed by atoms with E-state index in [4.69, 9.17) is 5.11 Å². The van der Waals surface area contributed by atoms with Crippen LogP contribution in [0.4, 0.5) is 18.0 Å². The van der Waals surface area contributed by atoms with Gasteiger partial charge in [0.2, 0.25) is 5.91 Å². The van der Waals surface area contributed by atoms with Crippen LogP contribution < -0.4 is 10.6 Å². The Morgan fingerprint density at radius 2 is 1.86 bits per heavy atom. The van der Waals surface area contributed by atoms with Gasteiger partial charge in [0.05, 0.1) is 0 Å². The van der Waals surface area contributed by atoms with Gasteiger partial charge in [0, 0.05) is 12.3 Å². The van der Waals surface area contributed by atoms with E-state index in [-0.39, 0.29) is 24.7 Å². The van der Waals surface area contributed by atoms with Crippen molar-refractivity contribution >= 4 is 23.8 Å². The fourth-order valence-electron chi connectivity index (χ4n) is 1.62. The number of thioether (sulfide) groups is 1. The average molecular weight is 336 g/mol. The van der Waals surface area contributed by atoms with Gasteiger partial charge >= 0.3 is 11.6 Å². The van der Waals surface area contributed by atoms with Crippen LogP contribution in [0.1, 0.15) is 12.0 Å². The molecule has 0 spiro atoms. The summed E-state index contributed by atoms with van der Waals surface area (Å²) in [6.45, 7) is 0.171. The maximum atomic E-state index is 12.1. The van der Waals surface area contributed by atoms with Crippen LogP contribution in [-0.2, 0) is 11.3 Å². The van der Waals surface area contributed by atoms with Crippen molar-refractivity contribution in [2.75, 3.05) is 5.75 Å². The van der Waals surface area contributed by atoms with Gasteiger partial charge < -0.3 is 15.7 Å². The van der Waals surface area contributed by atoms with E-state index in [1.165, 1.54) is 0 Å². The predicted molar refractivity (Wildman–Crippen MR) is 76.4 cm³/mol. The average Bonchev–Trinajstić information content (AvgIpc) is 2.43. The molecule has 9 heteroatoms. The molecule has 0 fully saturated rings. The molecule has 1 rings (SSSR count). The topological polar surface area (TPSA) is 78.4 Å². The largest absolute Gasteiger partial charge is 0.465 e. The Morgan fingerprint density at radius 1 is 1.23 bits per heavy atom. The molecule has 0 unspecified atom stereocenters. The van der Waals surface area contributed by atoms with E-state index < -0.39 is 29.3 Å². The summed E-state index contributed by atoms with van der Waals surface area (Å²) in [7, 11) is 0. The second kappa shape index (κ2) is 8.52. The highest BCUT2D eigenvalue weighted by Crippen LogP contribution is 2.30. The molecular weight excluding hydrogens is 321 g/mol. The van der Waals surface area contributed by atoms with E-state index in [9.17, 15) is 22.8 Å². The van der Waals surface area contributed by atoms with Crippen molar-refractivity contribution in [2.24, 2.45) is 0 Å². The second-order valence-electron chi connectivity index (χ2n) is 4.29. The molecule has 5 nitrogen and oxygen atoms in total. The molecule has 0 aliphatic rings. The number of rotatable bonds is 7. The van der Waals surface area contributed by atoms with Gasteiger partial charge in [0.1, 0.15) is 6.04 Å². The molecule has 1 aromatic carbocycles. The lowest BCUT2D eigenvalue weighted by molar-refractivity contribution is -0.123. The maximum Gasteiger partial charge on any atom is 0.441 e. The Hall–Kier alpha value is -1.90. The highest BCUT2D eigenvalue weighted by atomic mass is 32.2. The molecule has 0 saturated carbocycles. The molecular formula is C13H15F3N2O3S. The smallest absolute Gasteiger partial charge is 0.441 e. The summed E-state index contributed by atoms with van der Waals surface area (Å²) in [6, 6.07) is 7.65. The zero-order chi connectivity index (χ0) is 16.6. The Bertz CT molecular complexity index is 497. The van der Waals surface area contributed by atoms with Crippen molar-refractivity contribution in [3.05, 3.63) is 35.9 Å². The number of benzene rings is 1. The number of carbonyl (C=O) groups excluding carboxylic acids is 1. The summed E-state index contributed by atoms with van der Waals surface area (Å²) < 4.78 is 36.2. The number of halogens is 3. The number of carboxylic acid groups (broad SMARTS) is 1. The van der Waals surface area contributed by atoms with Crippen LogP contribution in [0, 0.1) is 0 Å². The van der Waals surface area contributed by atoms with E-state index >= 15 is 0 Å². The van der Waals surface area contributed by atoms with Crippen LogP contribution in [0.15, 0.2) is 30.3 Å². The zero-order valence-corrected chi connectivity index (χ0v) is 12.2. The first-order valence-electron chi connectivity index (χ1n) is 6.29. The monoisotopic (exact) mass is 336 g/mol. The molecule has 0 aromatic heterocycles. The van der Waals surface area contributed by atoms with E-state index in [0.717, 1.165) is 5.56 Å². The third kappa shape index (κ3) is 7.77. The SMILES string of the molecule is O=C(O)N[C@@H](CCSC(F)(F)F)C(=O)NCc1ccccc1. The Kier molecular flexibility index (Phi) is 7.03. The molecule has 0 bridgehead atoms. The molecule has 1 atom stereocenters. The van der Waals surface area contributed by atoms with E-state index in [1.807, 2.05) is 5.32 Å². The van der Waals surface area contributed by atoms with Crippen LogP contribution >= 0.6 is 11.8 Å².